The minimum Gasteiger partial charge on any atom is -0.495 e. The molecule has 1 fully saturated rings. The fourth-order valence-corrected chi connectivity index (χ4v) is 5.75. The molecule has 2 aromatic carbocycles. The van der Waals surface area contributed by atoms with Gasteiger partial charge in [-0.15, -0.1) is 0 Å². The van der Waals surface area contributed by atoms with Crippen LogP contribution in [0.1, 0.15) is 46.7 Å². The molecule has 1 amide bonds. The van der Waals surface area contributed by atoms with E-state index in [1.807, 2.05) is 42.5 Å². The molecule has 7 nitrogen and oxygen atoms in total. The summed E-state index contributed by atoms with van der Waals surface area (Å²) < 4.78 is 7.67. The lowest BCUT2D eigenvalue weighted by Gasteiger charge is -2.28. The first kappa shape index (κ1) is 26.4. The Morgan fingerprint density at radius 1 is 1.05 bits per heavy atom. The normalized spacial score (nSPS) is 16.7. The van der Waals surface area contributed by atoms with Crippen molar-refractivity contribution in [3.63, 3.8) is 0 Å². The van der Waals surface area contributed by atoms with Gasteiger partial charge in [0, 0.05) is 36.2 Å². The first-order valence-corrected chi connectivity index (χ1v) is 13.4. The van der Waals surface area contributed by atoms with Crippen LogP contribution < -0.4 is 15.4 Å². The minimum atomic E-state index is -0.151. The Morgan fingerprint density at radius 3 is 2.59 bits per heavy atom. The second-order valence-electron chi connectivity index (χ2n) is 9.82. The fourth-order valence-electron chi connectivity index (χ4n) is 5.42. The second kappa shape index (κ2) is 11.3. The maximum Gasteiger partial charge on any atom is 0.226 e. The number of rotatable bonds is 8. The van der Waals surface area contributed by atoms with Crippen molar-refractivity contribution in [2.24, 2.45) is 0 Å². The summed E-state index contributed by atoms with van der Waals surface area (Å²) in [6.07, 6.45) is 2.07. The molecule has 0 aliphatic carbocycles. The van der Waals surface area contributed by atoms with E-state index in [1.54, 1.807) is 13.3 Å². The molecule has 1 aliphatic rings. The lowest BCUT2D eigenvalue weighted by molar-refractivity contribution is -0.116. The molecule has 2 atom stereocenters. The van der Waals surface area contributed by atoms with Gasteiger partial charge in [0.15, 0.2) is 5.11 Å². The summed E-state index contributed by atoms with van der Waals surface area (Å²) in [5.74, 6) is 0.522. The molecule has 200 valence electrons. The average Bonchev–Trinajstić information content (AvgIpc) is 3.42. The highest BCUT2D eigenvalue weighted by Gasteiger charge is 2.41. The molecule has 2 N–H and O–H groups in total. The molecule has 2 unspecified atom stereocenters. The van der Waals surface area contributed by atoms with Gasteiger partial charge in [0.25, 0.3) is 0 Å². The van der Waals surface area contributed by atoms with Crippen LogP contribution >= 0.6 is 12.2 Å². The maximum atomic E-state index is 13.0. The highest BCUT2D eigenvalue weighted by molar-refractivity contribution is 7.80. The van der Waals surface area contributed by atoms with Gasteiger partial charge in [0.05, 0.1) is 30.6 Å². The molecule has 4 aromatic rings. The van der Waals surface area contributed by atoms with Crippen LogP contribution in [0.25, 0.3) is 5.69 Å². The highest BCUT2D eigenvalue weighted by atomic mass is 32.1. The number of aromatic nitrogens is 2. The Kier molecular flexibility index (Phi) is 7.65. The highest BCUT2D eigenvalue weighted by Crippen LogP contribution is 2.41. The van der Waals surface area contributed by atoms with E-state index in [1.165, 1.54) is 5.56 Å². The van der Waals surface area contributed by atoms with Crippen molar-refractivity contribution >= 4 is 28.9 Å². The molecule has 0 bridgehead atoms. The number of aryl methyl sites for hydroxylation is 2. The molecular formula is C31H33N5O2S. The summed E-state index contributed by atoms with van der Waals surface area (Å²) in [6, 6.07) is 23.8. The van der Waals surface area contributed by atoms with Crippen LogP contribution in [-0.2, 0) is 4.79 Å². The minimum absolute atomic E-state index is 0.104. The zero-order chi connectivity index (χ0) is 27.5. The molecule has 2 aromatic heterocycles. The number of methoxy groups -OCH3 is 1. The number of pyridine rings is 1. The van der Waals surface area contributed by atoms with Crippen LogP contribution in [0.5, 0.6) is 5.75 Å². The number of hydrogen-bond acceptors (Lipinski definition) is 4. The molecule has 5 rings (SSSR count). The summed E-state index contributed by atoms with van der Waals surface area (Å²) in [5, 5.41) is 7.09. The van der Waals surface area contributed by atoms with Crippen LogP contribution in [0.3, 0.4) is 0 Å². The summed E-state index contributed by atoms with van der Waals surface area (Å²) in [5.41, 5.74) is 7.32. The van der Waals surface area contributed by atoms with Crippen LogP contribution in [-0.4, -0.2) is 39.1 Å². The number of para-hydroxylation sites is 2. The van der Waals surface area contributed by atoms with Crippen molar-refractivity contribution in [2.45, 2.75) is 39.3 Å². The number of carbonyl (C=O) groups excluding carboxylic acids is 1. The third kappa shape index (κ3) is 5.38. The Hall–Kier alpha value is -4.17. The fraction of sp³-hybridized carbons (Fsp3) is 0.258. The number of thiocarbonyl (C=S) groups is 1. The molecular weight excluding hydrogens is 506 g/mol. The molecule has 39 heavy (non-hydrogen) atoms. The van der Waals surface area contributed by atoms with E-state index in [0.29, 0.717) is 23.1 Å². The van der Waals surface area contributed by atoms with Gasteiger partial charge in [-0.05, 0) is 86.6 Å². The first-order valence-electron chi connectivity index (χ1n) is 13.0. The molecule has 0 radical (unpaired) electrons. The summed E-state index contributed by atoms with van der Waals surface area (Å²) in [4.78, 5) is 19.8. The van der Waals surface area contributed by atoms with Crippen molar-refractivity contribution in [3.8, 4) is 11.4 Å². The van der Waals surface area contributed by atoms with Crippen molar-refractivity contribution < 1.29 is 9.53 Å². The third-order valence-electron chi connectivity index (χ3n) is 7.21. The number of nitrogens with zero attached hydrogens (tertiary/aromatic N) is 3. The van der Waals surface area contributed by atoms with E-state index in [9.17, 15) is 4.79 Å². The first-order chi connectivity index (χ1) is 18.9. The van der Waals surface area contributed by atoms with Crippen molar-refractivity contribution in [1.82, 2.24) is 19.8 Å². The van der Waals surface area contributed by atoms with Gasteiger partial charge in [0.2, 0.25) is 5.91 Å². The van der Waals surface area contributed by atoms with Crippen molar-refractivity contribution in [3.05, 3.63) is 107 Å². The quantitative estimate of drug-likeness (QED) is 0.276. The Labute approximate surface area is 234 Å². The van der Waals surface area contributed by atoms with Gasteiger partial charge in [-0.3, -0.25) is 9.78 Å². The number of carbonyl (C=O) groups is 1. The zero-order valence-corrected chi connectivity index (χ0v) is 23.5. The van der Waals surface area contributed by atoms with E-state index in [0.717, 1.165) is 28.3 Å². The SMILES string of the molecule is COc1ccccc1NC(=O)CCN1C(=S)NC(c2ccccn2)C1c1cc(C)n(-c2cccc(C)c2)c1C. The maximum absolute atomic E-state index is 13.0. The van der Waals surface area contributed by atoms with Gasteiger partial charge in [0.1, 0.15) is 5.75 Å². The molecule has 0 saturated carbocycles. The predicted molar refractivity (Wildman–Crippen MR) is 158 cm³/mol. The van der Waals surface area contributed by atoms with Crippen LogP contribution in [0.15, 0.2) is 79.0 Å². The second-order valence-corrected chi connectivity index (χ2v) is 10.2. The predicted octanol–water partition coefficient (Wildman–Crippen LogP) is 5.81. The number of amides is 1. The van der Waals surface area contributed by atoms with Crippen LogP contribution in [0.2, 0.25) is 0 Å². The topological polar surface area (TPSA) is 71.4 Å². The van der Waals surface area contributed by atoms with Crippen LogP contribution in [0.4, 0.5) is 5.69 Å². The lowest BCUT2D eigenvalue weighted by atomic mass is 9.96. The van der Waals surface area contributed by atoms with Gasteiger partial charge in [-0.2, -0.15) is 0 Å². The van der Waals surface area contributed by atoms with Gasteiger partial charge in [-0.1, -0.05) is 30.3 Å². The summed E-state index contributed by atoms with van der Waals surface area (Å²) in [7, 11) is 1.59. The number of hydrogen-bond donors (Lipinski definition) is 2. The standard InChI is InChI=1S/C31H33N5O2S/c1-20-10-9-11-23(18-20)36-21(2)19-24(22(36)3)30-29(26-13-7-8-16-32-26)34-31(39)35(30)17-15-28(37)33-25-12-5-6-14-27(25)38-4/h5-14,16,18-19,29-30H,15,17H2,1-4H3,(H,33,37)(H,34,39). The third-order valence-corrected chi connectivity index (χ3v) is 7.56. The largest absolute Gasteiger partial charge is 0.495 e. The van der Waals surface area contributed by atoms with E-state index in [2.05, 4.69) is 76.2 Å². The van der Waals surface area contributed by atoms with Crippen LogP contribution in [0, 0.1) is 20.8 Å². The molecule has 3 heterocycles. The van der Waals surface area contributed by atoms with E-state index >= 15 is 0 Å². The van der Waals surface area contributed by atoms with Gasteiger partial charge in [-0.25, -0.2) is 0 Å². The van der Waals surface area contributed by atoms with Crippen molar-refractivity contribution in [2.75, 3.05) is 19.0 Å². The molecule has 1 saturated heterocycles. The molecule has 1 aliphatic heterocycles. The number of anilines is 1. The Bertz CT molecular complexity index is 1500. The summed E-state index contributed by atoms with van der Waals surface area (Å²) >= 11 is 5.84. The monoisotopic (exact) mass is 539 g/mol. The smallest absolute Gasteiger partial charge is 0.226 e. The molecule has 8 heteroatoms. The Balaban J connectivity index is 1.47. The number of ether oxygens (including phenoxy) is 1. The zero-order valence-electron chi connectivity index (χ0n) is 22.6. The van der Waals surface area contributed by atoms with Gasteiger partial charge < -0.3 is 24.8 Å². The molecule has 0 spiro atoms. The summed E-state index contributed by atoms with van der Waals surface area (Å²) in [6.45, 7) is 6.83. The number of benzene rings is 2. The number of nitrogens with one attached hydrogen (secondary N) is 2. The average molecular weight is 540 g/mol. The lowest BCUT2D eigenvalue weighted by Crippen LogP contribution is -2.33. The van der Waals surface area contributed by atoms with E-state index < -0.39 is 0 Å². The Morgan fingerprint density at radius 2 is 1.85 bits per heavy atom. The van der Waals surface area contributed by atoms with Crippen molar-refractivity contribution in [1.29, 1.82) is 0 Å². The van der Waals surface area contributed by atoms with E-state index in [-0.39, 0.29) is 24.4 Å². The van der Waals surface area contributed by atoms with E-state index in [4.69, 9.17) is 17.0 Å². The van der Waals surface area contributed by atoms with Gasteiger partial charge >= 0.3 is 0 Å².